The van der Waals surface area contributed by atoms with Crippen LogP contribution < -0.4 is 0 Å². The van der Waals surface area contributed by atoms with Crippen LogP contribution in [0, 0.1) is 11.8 Å². The van der Waals surface area contributed by atoms with Crippen LogP contribution >= 0.6 is 0 Å². The Morgan fingerprint density at radius 3 is 1.39 bits per heavy atom. The van der Waals surface area contributed by atoms with Gasteiger partial charge in [0.1, 0.15) is 11.5 Å². The standard InChI is InChI=1S/C64H71NO6/c1-5-9-16-42(7-3)36-54-52-32-24-46(37-55(52)56-39-48(25-33-53(54)56)63(70)44-20-28-50(66)29-21-44)61(68)18-14-12-11-13-15-19-62(69)47-26-34-59-57(38-47)58-40-49(64(71)45-22-30-51(67)31-23-45)27-35-60(58)65(59)41-43(8-4)17-10-6-2/h20-35,37-40,42-43,54,66-67H,5-19,36,41H2,1-4H3/t42?,43?,54-/m0/s1. The number of hydrogen-bond acceptors (Lipinski definition) is 6. The van der Waals surface area contributed by atoms with Gasteiger partial charge in [0, 0.05) is 80.5 Å². The third kappa shape index (κ3) is 11.6. The maximum atomic E-state index is 13.8. The molecule has 1 aliphatic carbocycles. The molecule has 3 atom stereocenters. The Bertz CT molecular complexity index is 3010. The lowest BCUT2D eigenvalue weighted by atomic mass is 9.83. The molecule has 7 heteroatoms. The zero-order valence-electron chi connectivity index (χ0n) is 42.3. The molecule has 0 radical (unpaired) electrons. The van der Waals surface area contributed by atoms with Gasteiger partial charge in [-0.05, 0) is 157 Å². The number of fused-ring (bicyclic) bond motifs is 6. The molecule has 1 aromatic heterocycles. The van der Waals surface area contributed by atoms with Gasteiger partial charge in [-0.2, -0.15) is 0 Å². The van der Waals surface area contributed by atoms with Crippen molar-refractivity contribution in [2.75, 3.05) is 0 Å². The molecule has 7 aromatic rings. The Kier molecular flexibility index (Phi) is 16.8. The van der Waals surface area contributed by atoms with Crippen LogP contribution in [0.1, 0.15) is 200 Å². The molecule has 71 heavy (non-hydrogen) atoms. The predicted octanol–water partition coefficient (Wildman–Crippen LogP) is 16.4. The van der Waals surface area contributed by atoms with Gasteiger partial charge in [0.2, 0.25) is 0 Å². The Morgan fingerprint density at radius 1 is 0.465 bits per heavy atom. The quantitative estimate of drug-likeness (QED) is 0.0413. The number of unbranched alkanes of at least 4 members (excludes halogenated alkanes) is 6. The van der Waals surface area contributed by atoms with Crippen molar-refractivity contribution < 1.29 is 29.4 Å². The first-order chi connectivity index (χ1) is 34.5. The Morgan fingerprint density at radius 2 is 0.873 bits per heavy atom. The minimum atomic E-state index is -0.114. The number of ketones is 4. The molecule has 2 unspecified atom stereocenters. The largest absolute Gasteiger partial charge is 0.508 e. The first-order valence-corrected chi connectivity index (χ1v) is 26.6. The Balaban J connectivity index is 0.904. The summed E-state index contributed by atoms with van der Waals surface area (Å²) in [6, 6.07) is 37.0. The number of phenolic OH excluding ortho intramolecular Hbond substituents is 2. The Labute approximate surface area is 420 Å². The monoisotopic (exact) mass is 950 g/mol. The number of benzene rings is 6. The van der Waals surface area contributed by atoms with E-state index in [-0.39, 0.29) is 40.5 Å². The third-order valence-electron chi connectivity index (χ3n) is 15.3. The Hall–Kier alpha value is -6.60. The van der Waals surface area contributed by atoms with E-state index in [9.17, 15) is 29.4 Å². The second kappa shape index (κ2) is 23.5. The lowest BCUT2D eigenvalue weighted by molar-refractivity contribution is 0.0973. The van der Waals surface area contributed by atoms with E-state index in [1.54, 1.807) is 24.3 Å². The molecule has 0 fully saturated rings. The van der Waals surface area contributed by atoms with E-state index in [0.717, 1.165) is 104 Å². The highest BCUT2D eigenvalue weighted by molar-refractivity contribution is 6.16. The maximum absolute atomic E-state index is 13.8. The zero-order chi connectivity index (χ0) is 50.0. The normalized spacial score (nSPS) is 13.8. The molecule has 0 saturated carbocycles. The number of aromatic nitrogens is 1. The van der Waals surface area contributed by atoms with Gasteiger partial charge in [-0.25, -0.2) is 0 Å². The summed E-state index contributed by atoms with van der Waals surface area (Å²) in [6.07, 6.45) is 15.5. The zero-order valence-corrected chi connectivity index (χ0v) is 42.3. The van der Waals surface area contributed by atoms with E-state index < -0.39 is 0 Å². The van der Waals surface area contributed by atoms with Crippen molar-refractivity contribution in [3.8, 4) is 22.6 Å². The number of rotatable bonds is 26. The van der Waals surface area contributed by atoms with Gasteiger partial charge in [0.15, 0.2) is 23.1 Å². The molecule has 2 N–H and O–H groups in total. The van der Waals surface area contributed by atoms with Crippen LogP contribution in [0.25, 0.3) is 32.9 Å². The van der Waals surface area contributed by atoms with Crippen LogP contribution in [-0.4, -0.2) is 37.9 Å². The maximum Gasteiger partial charge on any atom is 0.193 e. The number of carbonyl (C=O) groups is 4. The number of Topliss-reactive ketones (excluding diaryl/α,β-unsaturated/α-hetero) is 2. The SMILES string of the molecule is CCCCC(CC)C[C@H]1c2ccc(C(=O)CCCCCCCC(=O)c3ccc4c(c3)c3cc(C(=O)c5ccc(O)cc5)ccc3n4CC(CC)CCCC)cc2-c2cc(C(=O)c3ccc(O)cc3)ccc21. The van der Waals surface area contributed by atoms with E-state index in [1.165, 1.54) is 61.1 Å². The van der Waals surface area contributed by atoms with Crippen molar-refractivity contribution in [1.29, 1.82) is 0 Å². The van der Waals surface area contributed by atoms with E-state index in [1.807, 2.05) is 48.5 Å². The molecule has 0 aliphatic heterocycles. The average molecular weight is 950 g/mol. The summed E-state index contributed by atoms with van der Waals surface area (Å²) in [5, 5.41) is 21.6. The third-order valence-corrected chi connectivity index (χ3v) is 15.3. The van der Waals surface area contributed by atoms with Gasteiger partial charge in [-0.15, -0.1) is 0 Å². The first kappa shape index (κ1) is 50.8. The molecule has 7 nitrogen and oxygen atoms in total. The first-order valence-electron chi connectivity index (χ1n) is 26.6. The van der Waals surface area contributed by atoms with Crippen molar-refractivity contribution in [2.24, 2.45) is 11.8 Å². The lowest BCUT2D eigenvalue weighted by Crippen LogP contribution is -2.10. The molecule has 0 amide bonds. The molecule has 1 heterocycles. The highest BCUT2D eigenvalue weighted by Gasteiger charge is 2.32. The topological polar surface area (TPSA) is 114 Å². The molecule has 8 rings (SSSR count). The van der Waals surface area contributed by atoms with Crippen LogP contribution in [0.4, 0.5) is 0 Å². The molecule has 6 aromatic carbocycles. The van der Waals surface area contributed by atoms with E-state index in [2.05, 4.69) is 56.5 Å². The van der Waals surface area contributed by atoms with E-state index in [4.69, 9.17) is 0 Å². The number of phenols is 2. The summed E-state index contributed by atoms with van der Waals surface area (Å²) in [4.78, 5) is 54.8. The van der Waals surface area contributed by atoms with Gasteiger partial charge >= 0.3 is 0 Å². The second-order valence-corrected chi connectivity index (χ2v) is 20.2. The fourth-order valence-corrected chi connectivity index (χ4v) is 11.0. The molecule has 368 valence electrons. The van der Waals surface area contributed by atoms with Gasteiger partial charge in [-0.3, -0.25) is 19.2 Å². The second-order valence-electron chi connectivity index (χ2n) is 20.2. The molecule has 1 aliphatic rings. The van der Waals surface area contributed by atoms with Crippen LogP contribution in [0.3, 0.4) is 0 Å². The summed E-state index contributed by atoms with van der Waals surface area (Å²) < 4.78 is 2.37. The summed E-state index contributed by atoms with van der Waals surface area (Å²) in [5.74, 6) is 1.57. The van der Waals surface area contributed by atoms with Crippen LogP contribution in [0.5, 0.6) is 11.5 Å². The van der Waals surface area contributed by atoms with Gasteiger partial charge in [0.25, 0.3) is 0 Å². The number of carbonyl (C=O) groups excluding carboxylic acids is 4. The van der Waals surface area contributed by atoms with Crippen molar-refractivity contribution in [2.45, 2.75) is 143 Å². The molecular formula is C64H71NO6. The van der Waals surface area contributed by atoms with Gasteiger partial charge in [0.05, 0.1) is 0 Å². The van der Waals surface area contributed by atoms with Gasteiger partial charge < -0.3 is 14.8 Å². The summed E-state index contributed by atoms with van der Waals surface area (Å²) in [5.41, 5.74) is 10.2. The van der Waals surface area contributed by atoms with Crippen LogP contribution in [0.15, 0.2) is 121 Å². The van der Waals surface area contributed by atoms with Crippen molar-refractivity contribution in [3.63, 3.8) is 0 Å². The molecule has 0 spiro atoms. The van der Waals surface area contributed by atoms with Crippen molar-refractivity contribution >= 4 is 44.9 Å². The summed E-state index contributed by atoms with van der Waals surface area (Å²) in [7, 11) is 0. The molecular weight excluding hydrogens is 879 g/mol. The van der Waals surface area contributed by atoms with Crippen molar-refractivity contribution in [1.82, 2.24) is 4.57 Å². The van der Waals surface area contributed by atoms with Crippen LogP contribution in [-0.2, 0) is 6.54 Å². The highest BCUT2D eigenvalue weighted by atomic mass is 16.3. The smallest absolute Gasteiger partial charge is 0.193 e. The van der Waals surface area contributed by atoms with Crippen LogP contribution in [0.2, 0.25) is 0 Å². The number of aromatic hydroxyl groups is 2. The summed E-state index contributed by atoms with van der Waals surface area (Å²) >= 11 is 0. The minimum absolute atomic E-state index is 0.0966. The lowest BCUT2D eigenvalue weighted by Gasteiger charge is -2.21. The number of hydrogen-bond donors (Lipinski definition) is 2. The summed E-state index contributed by atoms with van der Waals surface area (Å²) in [6.45, 7) is 9.87. The minimum Gasteiger partial charge on any atom is -0.508 e. The highest BCUT2D eigenvalue weighted by Crippen LogP contribution is 2.49. The van der Waals surface area contributed by atoms with Gasteiger partial charge in [-0.1, -0.05) is 116 Å². The fourth-order valence-electron chi connectivity index (χ4n) is 11.0. The van der Waals surface area contributed by atoms with E-state index in [0.29, 0.717) is 58.1 Å². The van der Waals surface area contributed by atoms with Crippen molar-refractivity contribution in [3.05, 3.63) is 166 Å². The predicted molar refractivity (Wildman–Crippen MR) is 288 cm³/mol. The number of nitrogens with zero attached hydrogens (tertiary/aromatic N) is 1. The van der Waals surface area contributed by atoms with E-state index >= 15 is 0 Å². The average Bonchev–Trinajstić information content (AvgIpc) is 3.87. The molecule has 0 bridgehead atoms. The molecule has 0 saturated heterocycles. The fraction of sp³-hybridized carbons (Fsp3) is 0.375.